The summed E-state index contributed by atoms with van der Waals surface area (Å²) in [6.07, 6.45) is 2.42. The van der Waals surface area contributed by atoms with Crippen molar-refractivity contribution in [3.8, 4) is 0 Å². The molecule has 3 nitrogen and oxygen atoms in total. The fourth-order valence-corrected chi connectivity index (χ4v) is 1.32. The van der Waals surface area contributed by atoms with Crippen molar-refractivity contribution < 1.29 is 9.13 Å². The predicted molar refractivity (Wildman–Crippen MR) is 63.0 cm³/mol. The van der Waals surface area contributed by atoms with Crippen LogP contribution in [0.2, 0.25) is 0 Å². The Morgan fingerprint density at radius 1 is 1.50 bits per heavy atom. The molecule has 0 aliphatic heterocycles. The van der Waals surface area contributed by atoms with Gasteiger partial charge in [0.15, 0.2) is 0 Å². The van der Waals surface area contributed by atoms with Gasteiger partial charge in [-0.15, -0.1) is 0 Å². The van der Waals surface area contributed by atoms with Gasteiger partial charge in [0.05, 0.1) is 0 Å². The molecule has 1 rings (SSSR count). The lowest BCUT2D eigenvalue weighted by Gasteiger charge is -2.25. The van der Waals surface area contributed by atoms with E-state index in [9.17, 15) is 4.39 Å². The normalized spacial score (nSPS) is 11.5. The Kier molecular flexibility index (Phi) is 4.68. The summed E-state index contributed by atoms with van der Waals surface area (Å²) in [6, 6.07) is 3.15. The Morgan fingerprint density at radius 2 is 2.25 bits per heavy atom. The minimum Gasteiger partial charge on any atom is -0.385 e. The number of methoxy groups -OCH3 is 1. The Hall–Kier alpha value is -1.16. The second kappa shape index (κ2) is 5.80. The minimum absolute atomic E-state index is 0.121. The maximum absolute atomic E-state index is 12.8. The minimum atomic E-state index is -0.459. The molecule has 1 heterocycles. The maximum atomic E-state index is 12.8. The molecule has 1 aromatic heterocycles. The van der Waals surface area contributed by atoms with Crippen molar-refractivity contribution in [2.45, 2.75) is 20.3 Å². The molecule has 90 valence electrons. The first-order valence-corrected chi connectivity index (χ1v) is 5.38. The highest BCUT2D eigenvalue weighted by atomic mass is 19.1. The van der Waals surface area contributed by atoms with Crippen LogP contribution in [-0.4, -0.2) is 25.2 Å². The highest BCUT2D eigenvalue weighted by Crippen LogP contribution is 2.21. The summed E-state index contributed by atoms with van der Waals surface area (Å²) >= 11 is 0. The van der Waals surface area contributed by atoms with Crippen molar-refractivity contribution >= 4 is 5.69 Å². The number of nitrogens with zero attached hydrogens (tertiary/aromatic N) is 1. The third-order valence-electron chi connectivity index (χ3n) is 2.48. The molecule has 0 aliphatic carbocycles. The van der Waals surface area contributed by atoms with Crippen LogP contribution in [0.3, 0.4) is 0 Å². The monoisotopic (exact) mass is 226 g/mol. The summed E-state index contributed by atoms with van der Waals surface area (Å²) in [5.74, 6) is -0.459. The first-order valence-electron chi connectivity index (χ1n) is 5.38. The van der Waals surface area contributed by atoms with Crippen LogP contribution in [0.25, 0.3) is 0 Å². The number of anilines is 1. The SMILES string of the molecule is COCCC(C)(C)CNc1ccnc(F)c1. The fraction of sp³-hybridized carbons (Fsp3) is 0.583. The largest absolute Gasteiger partial charge is 0.385 e. The number of halogens is 1. The van der Waals surface area contributed by atoms with Gasteiger partial charge in [0.25, 0.3) is 0 Å². The molecule has 4 heteroatoms. The van der Waals surface area contributed by atoms with E-state index in [0.29, 0.717) is 0 Å². The average molecular weight is 226 g/mol. The summed E-state index contributed by atoms with van der Waals surface area (Å²) in [5, 5.41) is 3.20. The van der Waals surface area contributed by atoms with Crippen molar-refractivity contribution in [2.75, 3.05) is 25.6 Å². The Bertz CT molecular complexity index is 329. The van der Waals surface area contributed by atoms with Gasteiger partial charge in [-0.05, 0) is 17.9 Å². The summed E-state index contributed by atoms with van der Waals surface area (Å²) in [5.41, 5.74) is 0.883. The molecule has 0 fully saturated rings. The van der Waals surface area contributed by atoms with Crippen LogP contribution in [0.4, 0.5) is 10.1 Å². The molecule has 0 unspecified atom stereocenters. The molecule has 0 aliphatic rings. The van der Waals surface area contributed by atoms with E-state index in [1.807, 2.05) is 0 Å². The zero-order valence-electron chi connectivity index (χ0n) is 10.1. The van der Waals surface area contributed by atoms with Gasteiger partial charge < -0.3 is 10.1 Å². The molecule has 0 spiro atoms. The quantitative estimate of drug-likeness (QED) is 0.757. The second-order valence-electron chi connectivity index (χ2n) is 4.63. The molecule has 0 saturated heterocycles. The summed E-state index contributed by atoms with van der Waals surface area (Å²) in [7, 11) is 1.70. The highest BCUT2D eigenvalue weighted by Gasteiger charge is 2.17. The lowest BCUT2D eigenvalue weighted by molar-refractivity contribution is 0.157. The van der Waals surface area contributed by atoms with Crippen LogP contribution in [0.1, 0.15) is 20.3 Å². The van der Waals surface area contributed by atoms with E-state index in [1.165, 1.54) is 12.3 Å². The number of ether oxygens (including phenoxy) is 1. The van der Waals surface area contributed by atoms with Crippen molar-refractivity contribution in [3.05, 3.63) is 24.3 Å². The van der Waals surface area contributed by atoms with E-state index in [4.69, 9.17) is 4.74 Å². The van der Waals surface area contributed by atoms with Gasteiger partial charge in [0.2, 0.25) is 5.95 Å². The standard InChI is InChI=1S/C12H19FN2O/c1-12(2,5-7-16-3)9-15-10-4-6-14-11(13)8-10/h4,6,8H,5,7,9H2,1-3H3,(H,14,15). The molecule has 0 bridgehead atoms. The van der Waals surface area contributed by atoms with E-state index in [2.05, 4.69) is 24.1 Å². The zero-order chi connectivity index (χ0) is 12.0. The Morgan fingerprint density at radius 3 is 2.88 bits per heavy atom. The van der Waals surface area contributed by atoms with Crippen LogP contribution in [-0.2, 0) is 4.74 Å². The van der Waals surface area contributed by atoms with Crippen LogP contribution in [0.5, 0.6) is 0 Å². The summed E-state index contributed by atoms with van der Waals surface area (Å²) in [4.78, 5) is 3.51. The number of pyridine rings is 1. The van der Waals surface area contributed by atoms with Gasteiger partial charge in [-0.1, -0.05) is 13.8 Å². The second-order valence-corrected chi connectivity index (χ2v) is 4.63. The molecule has 0 atom stereocenters. The number of hydrogen-bond acceptors (Lipinski definition) is 3. The average Bonchev–Trinajstić information content (AvgIpc) is 2.24. The van der Waals surface area contributed by atoms with Gasteiger partial charge in [-0.25, -0.2) is 4.98 Å². The topological polar surface area (TPSA) is 34.1 Å². The Balaban J connectivity index is 2.44. The highest BCUT2D eigenvalue weighted by molar-refractivity contribution is 5.41. The lowest BCUT2D eigenvalue weighted by atomic mass is 9.89. The van der Waals surface area contributed by atoms with Gasteiger partial charge in [0.1, 0.15) is 0 Å². The lowest BCUT2D eigenvalue weighted by Crippen LogP contribution is -2.24. The molecule has 1 aromatic rings. The van der Waals surface area contributed by atoms with E-state index in [1.54, 1.807) is 13.2 Å². The van der Waals surface area contributed by atoms with Crippen LogP contribution in [0.15, 0.2) is 18.3 Å². The maximum Gasteiger partial charge on any atom is 0.214 e. The molecule has 16 heavy (non-hydrogen) atoms. The van der Waals surface area contributed by atoms with E-state index in [0.717, 1.165) is 25.3 Å². The third kappa shape index (κ3) is 4.57. The van der Waals surface area contributed by atoms with Gasteiger partial charge >= 0.3 is 0 Å². The molecular weight excluding hydrogens is 207 g/mol. The molecule has 0 radical (unpaired) electrons. The van der Waals surface area contributed by atoms with Crippen molar-refractivity contribution in [3.63, 3.8) is 0 Å². The molecule has 0 amide bonds. The van der Waals surface area contributed by atoms with Gasteiger partial charge in [-0.3, -0.25) is 0 Å². The number of rotatable bonds is 6. The van der Waals surface area contributed by atoms with Crippen LogP contribution >= 0.6 is 0 Å². The van der Waals surface area contributed by atoms with E-state index in [-0.39, 0.29) is 5.41 Å². The van der Waals surface area contributed by atoms with Crippen molar-refractivity contribution in [1.82, 2.24) is 4.98 Å². The first kappa shape index (κ1) is 12.9. The Labute approximate surface area is 96.0 Å². The van der Waals surface area contributed by atoms with Crippen molar-refractivity contribution in [1.29, 1.82) is 0 Å². The molecular formula is C12H19FN2O. The number of nitrogens with one attached hydrogen (secondary N) is 1. The molecule has 0 aromatic carbocycles. The zero-order valence-corrected chi connectivity index (χ0v) is 10.1. The summed E-state index contributed by atoms with van der Waals surface area (Å²) < 4.78 is 17.9. The molecule has 0 saturated carbocycles. The van der Waals surface area contributed by atoms with Gasteiger partial charge in [0, 0.05) is 38.2 Å². The van der Waals surface area contributed by atoms with E-state index < -0.39 is 5.95 Å². The van der Waals surface area contributed by atoms with Gasteiger partial charge in [-0.2, -0.15) is 4.39 Å². The molecule has 1 N–H and O–H groups in total. The fourth-order valence-electron chi connectivity index (χ4n) is 1.32. The van der Waals surface area contributed by atoms with Crippen LogP contribution < -0.4 is 5.32 Å². The summed E-state index contributed by atoms with van der Waals surface area (Å²) in [6.45, 7) is 5.81. The van der Waals surface area contributed by atoms with Crippen molar-refractivity contribution in [2.24, 2.45) is 5.41 Å². The third-order valence-corrected chi connectivity index (χ3v) is 2.48. The first-order chi connectivity index (χ1) is 7.53. The van der Waals surface area contributed by atoms with E-state index >= 15 is 0 Å². The van der Waals surface area contributed by atoms with Crippen LogP contribution in [0, 0.1) is 11.4 Å². The number of aromatic nitrogens is 1. The smallest absolute Gasteiger partial charge is 0.214 e. The predicted octanol–water partition coefficient (Wildman–Crippen LogP) is 2.70. The number of hydrogen-bond donors (Lipinski definition) is 1.